The molecule has 0 fully saturated rings. The third kappa shape index (κ3) is 4.02. The normalized spacial score (nSPS) is 15.0. The van der Waals surface area contributed by atoms with Crippen LogP contribution in [0, 0.1) is 5.92 Å². The second kappa shape index (κ2) is 7.52. The first-order valence-electron chi connectivity index (χ1n) is 6.95. The van der Waals surface area contributed by atoms with Crippen LogP contribution in [-0.2, 0) is 11.3 Å². The number of carbonyl (C=O) groups is 1. The largest absolute Gasteiger partial charge is 0.454 e. The number of rotatable bonds is 5. The van der Waals surface area contributed by atoms with Gasteiger partial charge in [-0.25, -0.2) is 0 Å². The molecule has 0 saturated carbocycles. The fourth-order valence-electron chi connectivity index (χ4n) is 2.12. The Bertz CT molecular complexity index is 494. The van der Waals surface area contributed by atoms with Crippen LogP contribution in [0.4, 0.5) is 0 Å². The molecule has 1 aliphatic rings. The summed E-state index contributed by atoms with van der Waals surface area (Å²) in [5.41, 5.74) is 6.84. The lowest BCUT2D eigenvalue weighted by atomic mass is 10.0. The van der Waals surface area contributed by atoms with Crippen molar-refractivity contribution in [2.24, 2.45) is 11.7 Å². The average Bonchev–Trinajstić information content (AvgIpc) is 2.90. The molecule has 1 aliphatic heterocycles. The number of nitrogens with zero attached hydrogens (tertiary/aromatic N) is 1. The van der Waals surface area contributed by atoms with E-state index in [1.165, 1.54) is 0 Å². The highest BCUT2D eigenvalue weighted by Gasteiger charge is 2.23. The van der Waals surface area contributed by atoms with Gasteiger partial charge in [0.2, 0.25) is 12.7 Å². The van der Waals surface area contributed by atoms with Crippen molar-refractivity contribution in [3.63, 3.8) is 0 Å². The zero-order valence-corrected chi connectivity index (χ0v) is 13.5. The highest BCUT2D eigenvalue weighted by atomic mass is 35.5. The lowest BCUT2D eigenvalue weighted by molar-refractivity contribution is -0.135. The molecule has 0 spiro atoms. The summed E-state index contributed by atoms with van der Waals surface area (Å²) in [6.07, 6.45) is 0. The minimum absolute atomic E-state index is 0. The lowest BCUT2D eigenvalue weighted by Gasteiger charge is -2.26. The Kier molecular flexibility index (Phi) is 6.30. The van der Waals surface area contributed by atoms with E-state index in [-0.39, 0.29) is 37.1 Å². The summed E-state index contributed by atoms with van der Waals surface area (Å²) in [6, 6.07) is 5.62. The first kappa shape index (κ1) is 17.6. The Morgan fingerprint density at radius 3 is 2.62 bits per heavy atom. The van der Waals surface area contributed by atoms with E-state index >= 15 is 0 Å². The molecule has 0 aliphatic carbocycles. The minimum Gasteiger partial charge on any atom is -0.454 e. The number of hydrogen-bond acceptors (Lipinski definition) is 4. The molecular formula is C15H23ClN2O3. The van der Waals surface area contributed by atoms with Gasteiger partial charge in [-0.05, 0) is 31.5 Å². The molecule has 0 aromatic heterocycles. The molecule has 6 heteroatoms. The van der Waals surface area contributed by atoms with Gasteiger partial charge < -0.3 is 20.1 Å². The molecular weight excluding hydrogens is 292 g/mol. The van der Waals surface area contributed by atoms with Crippen LogP contribution in [0.3, 0.4) is 0 Å². The molecule has 1 heterocycles. The fraction of sp³-hybridized carbons (Fsp3) is 0.533. The number of nitrogens with two attached hydrogens (primary N) is 1. The zero-order chi connectivity index (χ0) is 14.7. The second-order valence-electron chi connectivity index (χ2n) is 5.19. The van der Waals surface area contributed by atoms with Crippen LogP contribution >= 0.6 is 12.4 Å². The Morgan fingerprint density at radius 1 is 1.33 bits per heavy atom. The molecule has 5 nitrogen and oxygen atoms in total. The van der Waals surface area contributed by atoms with Crippen LogP contribution in [-0.4, -0.2) is 30.2 Å². The maximum Gasteiger partial charge on any atom is 0.231 e. The molecule has 1 aromatic carbocycles. The molecule has 2 unspecified atom stereocenters. The van der Waals surface area contributed by atoms with Gasteiger partial charge >= 0.3 is 0 Å². The van der Waals surface area contributed by atoms with Crippen molar-refractivity contribution in [3.05, 3.63) is 23.8 Å². The monoisotopic (exact) mass is 314 g/mol. The van der Waals surface area contributed by atoms with Gasteiger partial charge in [0.15, 0.2) is 11.5 Å². The van der Waals surface area contributed by atoms with Crippen molar-refractivity contribution in [1.29, 1.82) is 0 Å². The molecule has 0 radical (unpaired) electrons. The molecule has 0 saturated heterocycles. The smallest absolute Gasteiger partial charge is 0.231 e. The summed E-state index contributed by atoms with van der Waals surface area (Å²) in [5, 5.41) is 0. The summed E-state index contributed by atoms with van der Waals surface area (Å²) in [4.78, 5) is 14.2. The van der Waals surface area contributed by atoms with E-state index in [2.05, 4.69) is 0 Å². The Morgan fingerprint density at radius 2 is 2.00 bits per heavy atom. The molecule has 118 valence electrons. The van der Waals surface area contributed by atoms with Crippen molar-refractivity contribution >= 4 is 18.3 Å². The minimum atomic E-state index is -0.177. The van der Waals surface area contributed by atoms with Gasteiger partial charge in [0.25, 0.3) is 0 Å². The summed E-state index contributed by atoms with van der Waals surface area (Å²) in [6.45, 7) is 7.18. The van der Waals surface area contributed by atoms with Crippen LogP contribution < -0.4 is 15.2 Å². The molecule has 2 N–H and O–H groups in total. The first-order valence-corrected chi connectivity index (χ1v) is 6.95. The molecule has 1 aromatic rings. The van der Waals surface area contributed by atoms with Gasteiger partial charge in [0, 0.05) is 19.1 Å². The maximum atomic E-state index is 12.3. The fourth-order valence-corrected chi connectivity index (χ4v) is 2.12. The number of benzene rings is 1. The van der Waals surface area contributed by atoms with Crippen LogP contribution in [0.5, 0.6) is 11.5 Å². The first-order chi connectivity index (χ1) is 9.52. The second-order valence-corrected chi connectivity index (χ2v) is 5.19. The van der Waals surface area contributed by atoms with Gasteiger partial charge in [-0.1, -0.05) is 13.0 Å². The Balaban J connectivity index is 0.00000220. The van der Waals surface area contributed by atoms with Crippen LogP contribution in [0.15, 0.2) is 18.2 Å². The zero-order valence-electron chi connectivity index (χ0n) is 12.7. The van der Waals surface area contributed by atoms with Crippen molar-refractivity contribution in [2.75, 3.05) is 13.3 Å². The quantitative estimate of drug-likeness (QED) is 0.904. The van der Waals surface area contributed by atoms with Crippen molar-refractivity contribution in [1.82, 2.24) is 4.90 Å². The highest BCUT2D eigenvalue weighted by molar-refractivity contribution is 5.85. The average molecular weight is 315 g/mol. The number of hydrogen-bond donors (Lipinski definition) is 1. The molecule has 21 heavy (non-hydrogen) atoms. The van der Waals surface area contributed by atoms with E-state index in [9.17, 15) is 4.79 Å². The predicted octanol–water partition coefficient (Wildman–Crippen LogP) is 2.17. The highest BCUT2D eigenvalue weighted by Crippen LogP contribution is 2.32. The summed E-state index contributed by atoms with van der Waals surface area (Å²) < 4.78 is 10.6. The number of carbonyl (C=O) groups excluding carboxylic acids is 1. The van der Waals surface area contributed by atoms with E-state index in [4.69, 9.17) is 15.2 Å². The maximum absolute atomic E-state index is 12.3. The Hall–Kier alpha value is -1.46. The molecule has 2 rings (SSSR count). The van der Waals surface area contributed by atoms with Crippen LogP contribution in [0.2, 0.25) is 0 Å². The third-order valence-corrected chi connectivity index (χ3v) is 3.68. The van der Waals surface area contributed by atoms with E-state index in [0.717, 1.165) is 17.1 Å². The topological polar surface area (TPSA) is 64.8 Å². The molecule has 1 amide bonds. The van der Waals surface area contributed by atoms with Crippen molar-refractivity contribution in [3.8, 4) is 11.5 Å². The lowest BCUT2D eigenvalue weighted by Crippen LogP contribution is -2.41. The van der Waals surface area contributed by atoms with E-state index in [0.29, 0.717) is 13.1 Å². The van der Waals surface area contributed by atoms with E-state index in [1.54, 1.807) is 0 Å². The van der Waals surface area contributed by atoms with Gasteiger partial charge in [0.05, 0.1) is 5.92 Å². The SMILES string of the molecule is CCN(Cc1ccc2c(c1)OCO2)C(=O)C(C)C(C)N.Cl. The van der Waals surface area contributed by atoms with Crippen LogP contribution in [0.1, 0.15) is 26.3 Å². The van der Waals surface area contributed by atoms with Crippen molar-refractivity contribution < 1.29 is 14.3 Å². The van der Waals surface area contributed by atoms with Gasteiger partial charge in [0.1, 0.15) is 0 Å². The molecule has 0 bridgehead atoms. The number of ether oxygens (including phenoxy) is 2. The number of halogens is 1. The summed E-state index contributed by atoms with van der Waals surface area (Å²) in [7, 11) is 0. The van der Waals surface area contributed by atoms with Crippen LogP contribution in [0.25, 0.3) is 0 Å². The van der Waals surface area contributed by atoms with E-state index < -0.39 is 0 Å². The standard InChI is InChI=1S/C15H22N2O3.ClH/c1-4-17(15(18)10(2)11(3)16)8-12-5-6-13-14(7-12)20-9-19-13;/h5-7,10-11H,4,8-9,16H2,1-3H3;1H. The predicted molar refractivity (Wildman–Crippen MR) is 83.7 cm³/mol. The van der Waals surface area contributed by atoms with Crippen molar-refractivity contribution in [2.45, 2.75) is 33.4 Å². The number of fused-ring (bicyclic) bond motifs is 1. The van der Waals surface area contributed by atoms with Gasteiger partial charge in [-0.2, -0.15) is 0 Å². The molecule has 2 atom stereocenters. The van der Waals surface area contributed by atoms with Gasteiger partial charge in [-0.3, -0.25) is 4.79 Å². The Labute approximate surface area is 131 Å². The summed E-state index contributed by atoms with van der Waals surface area (Å²) >= 11 is 0. The summed E-state index contributed by atoms with van der Waals surface area (Å²) in [5.74, 6) is 1.41. The number of amides is 1. The van der Waals surface area contributed by atoms with E-state index in [1.807, 2.05) is 43.9 Å². The van der Waals surface area contributed by atoms with Gasteiger partial charge in [-0.15, -0.1) is 12.4 Å². The third-order valence-electron chi connectivity index (χ3n) is 3.68.